The van der Waals surface area contributed by atoms with Gasteiger partial charge in [-0.05, 0) is 28.8 Å². The summed E-state index contributed by atoms with van der Waals surface area (Å²) in [5.74, 6) is -0.260. The summed E-state index contributed by atoms with van der Waals surface area (Å²) in [6.45, 7) is 0.750. The molecule has 6 heteroatoms. The Kier molecular flexibility index (Phi) is 5.04. The van der Waals surface area contributed by atoms with Gasteiger partial charge in [-0.3, -0.25) is 9.78 Å². The molecule has 5 nitrogen and oxygen atoms in total. The maximum atomic E-state index is 10.5. The Morgan fingerprint density at radius 2 is 2.19 bits per heavy atom. The van der Waals surface area contributed by atoms with Crippen molar-refractivity contribution >= 4 is 33.2 Å². The molecule has 0 aliphatic rings. The summed E-state index contributed by atoms with van der Waals surface area (Å²) >= 11 is 3.36. The van der Waals surface area contributed by atoms with Gasteiger partial charge in [-0.15, -0.1) is 0 Å². The second kappa shape index (κ2) is 6.32. The first-order valence-electron chi connectivity index (χ1n) is 5.02. The molecule has 1 aromatic heterocycles. The molecule has 0 aliphatic heterocycles. The van der Waals surface area contributed by atoms with Gasteiger partial charge in [0, 0.05) is 19.2 Å². The van der Waals surface area contributed by atoms with Gasteiger partial charge in [-0.1, -0.05) is 0 Å². The van der Waals surface area contributed by atoms with Crippen molar-refractivity contribution in [2.45, 2.75) is 19.3 Å². The van der Waals surface area contributed by atoms with Crippen LogP contribution in [0.5, 0.6) is 0 Å². The summed E-state index contributed by atoms with van der Waals surface area (Å²) in [6.07, 6.45) is 5.36. The summed E-state index contributed by atoms with van der Waals surface area (Å²) in [6, 6.07) is 0. The number of unbranched alkanes of at least 4 members (excludes halogenated alkanes) is 1. The Morgan fingerprint density at radius 3 is 2.81 bits per heavy atom. The van der Waals surface area contributed by atoms with Crippen molar-refractivity contribution in [1.82, 2.24) is 4.98 Å². The molecule has 5 N–H and O–H groups in total. The van der Waals surface area contributed by atoms with Gasteiger partial charge in [0.25, 0.3) is 0 Å². The van der Waals surface area contributed by atoms with E-state index in [-0.39, 0.29) is 5.91 Å². The summed E-state index contributed by atoms with van der Waals surface area (Å²) < 4.78 is 0.836. The van der Waals surface area contributed by atoms with E-state index in [2.05, 4.69) is 26.2 Å². The summed E-state index contributed by atoms with van der Waals surface area (Å²) in [4.78, 5) is 14.4. The van der Waals surface area contributed by atoms with Gasteiger partial charge in [0.1, 0.15) is 0 Å². The lowest BCUT2D eigenvalue weighted by Gasteiger charge is -2.10. The number of hydrogen-bond acceptors (Lipinski definition) is 4. The van der Waals surface area contributed by atoms with Crippen LogP contribution in [0.3, 0.4) is 0 Å². The number of hydrogen-bond donors (Lipinski definition) is 3. The maximum Gasteiger partial charge on any atom is 0.217 e. The second-order valence-electron chi connectivity index (χ2n) is 3.44. The topological polar surface area (TPSA) is 94.0 Å². The first kappa shape index (κ1) is 12.8. The first-order chi connectivity index (χ1) is 7.61. The highest BCUT2D eigenvalue weighted by Crippen LogP contribution is 2.26. The number of nitrogens with two attached hydrogens (primary N) is 2. The zero-order chi connectivity index (χ0) is 12.0. The molecule has 0 unspecified atom stereocenters. The number of anilines is 2. The predicted octanol–water partition coefficient (Wildman–Crippen LogP) is 1.49. The number of pyridine rings is 1. The van der Waals surface area contributed by atoms with Crippen molar-refractivity contribution in [3.8, 4) is 0 Å². The highest BCUT2D eigenvalue weighted by Gasteiger charge is 2.03. The van der Waals surface area contributed by atoms with Crippen LogP contribution in [0.1, 0.15) is 19.3 Å². The standard InChI is InChI=1S/C10H15BrN4O/c11-7-5-14-6-8(12)10(7)15-4-2-1-3-9(13)16/h5-6H,1-4,12H2,(H2,13,16)(H,14,15). The number of aromatic nitrogens is 1. The Morgan fingerprint density at radius 1 is 1.44 bits per heavy atom. The number of carbonyl (C=O) groups excluding carboxylic acids is 1. The minimum atomic E-state index is -0.260. The van der Waals surface area contributed by atoms with Crippen molar-refractivity contribution in [2.24, 2.45) is 5.73 Å². The van der Waals surface area contributed by atoms with Crippen LogP contribution in [0.2, 0.25) is 0 Å². The maximum absolute atomic E-state index is 10.5. The molecule has 16 heavy (non-hydrogen) atoms. The van der Waals surface area contributed by atoms with E-state index >= 15 is 0 Å². The average molecular weight is 287 g/mol. The molecule has 0 fully saturated rings. The molecule has 1 aromatic rings. The minimum absolute atomic E-state index is 0.260. The van der Waals surface area contributed by atoms with Crippen molar-refractivity contribution in [1.29, 1.82) is 0 Å². The van der Waals surface area contributed by atoms with Crippen LogP contribution in [0.25, 0.3) is 0 Å². The van der Waals surface area contributed by atoms with Crippen molar-refractivity contribution < 1.29 is 4.79 Å². The van der Waals surface area contributed by atoms with Gasteiger partial charge in [0.2, 0.25) is 5.91 Å². The van der Waals surface area contributed by atoms with E-state index in [1.54, 1.807) is 12.4 Å². The van der Waals surface area contributed by atoms with E-state index in [0.717, 1.165) is 29.5 Å². The number of nitrogens with zero attached hydrogens (tertiary/aromatic N) is 1. The molecule has 88 valence electrons. The number of primary amides is 1. The number of amides is 1. The molecular formula is C10H15BrN4O. The van der Waals surface area contributed by atoms with Gasteiger partial charge in [-0.2, -0.15) is 0 Å². The van der Waals surface area contributed by atoms with Gasteiger partial charge in [-0.25, -0.2) is 0 Å². The molecule has 1 heterocycles. The van der Waals surface area contributed by atoms with Crippen molar-refractivity contribution in [2.75, 3.05) is 17.6 Å². The van der Waals surface area contributed by atoms with Crippen LogP contribution >= 0.6 is 15.9 Å². The molecular weight excluding hydrogens is 272 g/mol. The molecule has 0 spiro atoms. The Bertz CT molecular complexity index is 350. The largest absolute Gasteiger partial charge is 0.396 e. The van der Waals surface area contributed by atoms with Gasteiger partial charge in [0.05, 0.1) is 22.0 Å². The lowest BCUT2D eigenvalue weighted by molar-refractivity contribution is -0.118. The molecule has 1 rings (SSSR count). The third kappa shape index (κ3) is 4.06. The van der Waals surface area contributed by atoms with Crippen LogP contribution in [-0.4, -0.2) is 17.4 Å². The fraction of sp³-hybridized carbons (Fsp3) is 0.400. The number of halogens is 1. The van der Waals surface area contributed by atoms with Crippen molar-refractivity contribution in [3.05, 3.63) is 16.9 Å². The van der Waals surface area contributed by atoms with Crippen LogP contribution in [-0.2, 0) is 4.79 Å². The van der Waals surface area contributed by atoms with Gasteiger partial charge < -0.3 is 16.8 Å². The third-order valence-electron chi connectivity index (χ3n) is 2.08. The minimum Gasteiger partial charge on any atom is -0.396 e. The molecule has 0 saturated carbocycles. The summed E-state index contributed by atoms with van der Waals surface area (Å²) in [5, 5.41) is 3.19. The average Bonchev–Trinajstić information content (AvgIpc) is 2.21. The Labute approximate surface area is 103 Å². The zero-order valence-electron chi connectivity index (χ0n) is 8.87. The molecule has 0 atom stereocenters. The SMILES string of the molecule is NC(=O)CCCCNc1c(N)cncc1Br. The van der Waals surface area contributed by atoms with Gasteiger partial charge >= 0.3 is 0 Å². The van der Waals surface area contributed by atoms with E-state index in [4.69, 9.17) is 11.5 Å². The van der Waals surface area contributed by atoms with E-state index in [0.29, 0.717) is 12.1 Å². The Balaban J connectivity index is 2.34. The second-order valence-corrected chi connectivity index (χ2v) is 4.29. The molecule has 0 saturated heterocycles. The molecule has 0 aromatic carbocycles. The van der Waals surface area contributed by atoms with E-state index in [9.17, 15) is 4.79 Å². The van der Waals surface area contributed by atoms with Crippen molar-refractivity contribution in [3.63, 3.8) is 0 Å². The Hall–Kier alpha value is -1.30. The fourth-order valence-electron chi connectivity index (χ4n) is 1.27. The summed E-state index contributed by atoms with van der Waals surface area (Å²) in [5.41, 5.74) is 12.2. The highest BCUT2D eigenvalue weighted by molar-refractivity contribution is 9.10. The highest BCUT2D eigenvalue weighted by atomic mass is 79.9. The number of nitrogens with one attached hydrogen (secondary N) is 1. The number of rotatable bonds is 6. The molecule has 0 bridgehead atoms. The molecule has 0 aliphatic carbocycles. The van der Waals surface area contributed by atoms with E-state index < -0.39 is 0 Å². The lowest BCUT2D eigenvalue weighted by atomic mass is 10.2. The zero-order valence-corrected chi connectivity index (χ0v) is 10.5. The molecule has 1 amide bonds. The monoisotopic (exact) mass is 286 g/mol. The molecule has 0 radical (unpaired) electrons. The normalized spacial score (nSPS) is 10.1. The van der Waals surface area contributed by atoms with E-state index in [1.165, 1.54) is 0 Å². The van der Waals surface area contributed by atoms with Crippen LogP contribution in [0.4, 0.5) is 11.4 Å². The summed E-state index contributed by atoms with van der Waals surface area (Å²) in [7, 11) is 0. The number of nitrogen functional groups attached to an aromatic ring is 1. The quantitative estimate of drug-likeness (QED) is 0.691. The first-order valence-corrected chi connectivity index (χ1v) is 5.81. The van der Waals surface area contributed by atoms with Crippen LogP contribution in [0, 0.1) is 0 Å². The smallest absolute Gasteiger partial charge is 0.217 e. The van der Waals surface area contributed by atoms with Gasteiger partial charge in [0.15, 0.2) is 0 Å². The lowest BCUT2D eigenvalue weighted by Crippen LogP contribution is -2.11. The number of carbonyl (C=O) groups is 1. The third-order valence-corrected chi connectivity index (χ3v) is 2.68. The predicted molar refractivity (Wildman–Crippen MR) is 67.9 cm³/mol. The fourth-order valence-corrected chi connectivity index (χ4v) is 1.76. The van der Waals surface area contributed by atoms with Crippen LogP contribution < -0.4 is 16.8 Å². The van der Waals surface area contributed by atoms with E-state index in [1.807, 2.05) is 0 Å². The van der Waals surface area contributed by atoms with Crippen LogP contribution in [0.15, 0.2) is 16.9 Å².